The van der Waals surface area contributed by atoms with Gasteiger partial charge in [-0.1, -0.05) is 47.7 Å². The fourth-order valence-electron chi connectivity index (χ4n) is 2.25. The number of nitrogens with one attached hydrogen (secondary N) is 1. The fraction of sp³-hybridized carbons (Fsp3) is 0.200. The lowest BCUT2D eigenvalue weighted by Crippen LogP contribution is -2.13. The van der Waals surface area contributed by atoms with E-state index in [9.17, 15) is 0 Å². The van der Waals surface area contributed by atoms with Gasteiger partial charge in [0.05, 0.1) is 5.69 Å². The number of aryl methyl sites for hydroxylation is 1. The predicted molar refractivity (Wildman–Crippen MR) is 75.5 cm³/mol. The maximum Gasteiger partial charge on any atom is 0.0964 e. The van der Waals surface area contributed by atoms with Gasteiger partial charge in [0.25, 0.3) is 0 Å². The van der Waals surface area contributed by atoms with Crippen LogP contribution in [-0.4, -0.2) is 15.0 Å². The Hall–Kier alpha value is -2.20. The molecule has 3 rings (SSSR count). The molecular weight excluding hydrogens is 236 g/mol. The van der Waals surface area contributed by atoms with E-state index in [2.05, 4.69) is 58.1 Å². The molecule has 0 fully saturated rings. The van der Waals surface area contributed by atoms with Crippen LogP contribution in [0.25, 0.3) is 10.8 Å². The molecule has 3 aromatic rings. The number of rotatable bonds is 4. The first-order valence-electron chi connectivity index (χ1n) is 6.35. The quantitative estimate of drug-likeness (QED) is 0.774. The Morgan fingerprint density at radius 3 is 2.74 bits per heavy atom. The minimum absolute atomic E-state index is 0.733. The Kier molecular flexibility index (Phi) is 3.25. The van der Waals surface area contributed by atoms with Crippen LogP contribution >= 0.6 is 0 Å². The molecule has 0 saturated carbocycles. The zero-order chi connectivity index (χ0) is 13.1. The standard InChI is InChI=1S/C15H16N4/c1-19-11-14(17-18-19)10-16-9-13-7-4-6-12-5-2-3-8-15(12)13/h2-8,11,16H,9-10H2,1H3. The van der Waals surface area contributed by atoms with Crippen LogP contribution in [0, 0.1) is 0 Å². The molecule has 19 heavy (non-hydrogen) atoms. The molecule has 0 aliphatic carbocycles. The first-order chi connectivity index (χ1) is 9.33. The second-order valence-electron chi connectivity index (χ2n) is 4.63. The van der Waals surface area contributed by atoms with Gasteiger partial charge in [-0.2, -0.15) is 0 Å². The molecule has 96 valence electrons. The van der Waals surface area contributed by atoms with Crippen LogP contribution in [0.2, 0.25) is 0 Å². The zero-order valence-electron chi connectivity index (χ0n) is 10.9. The minimum Gasteiger partial charge on any atom is -0.307 e. The van der Waals surface area contributed by atoms with Gasteiger partial charge in [0, 0.05) is 26.3 Å². The molecule has 0 atom stereocenters. The van der Waals surface area contributed by atoms with Crippen LogP contribution in [0.15, 0.2) is 48.7 Å². The van der Waals surface area contributed by atoms with Crippen LogP contribution in [0.4, 0.5) is 0 Å². The van der Waals surface area contributed by atoms with Crippen LogP contribution < -0.4 is 5.32 Å². The Morgan fingerprint density at radius 1 is 1.05 bits per heavy atom. The molecule has 1 N–H and O–H groups in total. The molecule has 0 spiro atoms. The topological polar surface area (TPSA) is 42.7 Å². The average Bonchev–Trinajstić information content (AvgIpc) is 2.85. The second kappa shape index (κ2) is 5.20. The van der Waals surface area contributed by atoms with E-state index in [1.54, 1.807) is 4.68 Å². The molecule has 1 aromatic heterocycles. The van der Waals surface area contributed by atoms with E-state index in [1.807, 2.05) is 13.2 Å². The van der Waals surface area contributed by atoms with Crippen LogP contribution in [-0.2, 0) is 20.1 Å². The first-order valence-corrected chi connectivity index (χ1v) is 6.35. The lowest BCUT2D eigenvalue weighted by atomic mass is 10.0. The van der Waals surface area contributed by atoms with Crippen molar-refractivity contribution in [3.8, 4) is 0 Å². The first kappa shape index (κ1) is 11.9. The summed E-state index contributed by atoms with van der Waals surface area (Å²) in [5, 5.41) is 14.0. The molecular formula is C15H16N4. The molecule has 2 aromatic carbocycles. The summed E-state index contributed by atoms with van der Waals surface area (Å²) in [6.07, 6.45) is 1.93. The van der Waals surface area contributed by atoms with Crippen molar-refractivity contribution >= 4 is 10.8 Å². The van der Waals surface area contributed by atoms with Crippen molar-refractivity contribution in [2.45, 2.75) is 13.1 Å². The molecule has 0 saturated heterocycles. The Labute approximate surface area is 112 Å². The third kappa shape index (κ3) is 2.63. The number of hydrogen-bond acceptors (Lipinski definition) is 3. The summed E-state index contributed by atoms with van der Waals surface area (Å²) in [5.41, 5.74) is 2.27. The lowest BCUT2D eigenvalue weighted by Gasteiger charge is -2.07. The van der Waals surface area contributed by atoms with Gasteiger partial charge in [-0.15, -0.1) is 5.10 Å². The molecule has 0 amide bonds. The Bertz CT molecular complexity index is 682. The van der Waals surface area contributed by atoms with E-state index in [1.165, 1.54) is 16.3 Å². The summed E-state index contributed by atoms with van der Waals surface area (Å²) >= 11 is 0. The fourth-order valence-corrected chi connectivity index (χ4v) is 2.25. The lowest BCUT2D eigenvalue weighted by molar-refractivity contribution is 0.676. The van der Waals surface area contributed by atoms with E-state index in [-0.39, 0.29) is 0 Å². The highest BCUT2D eigenvalue weighted by atomic mass is 15.4. The predicted octanol–water partition coefficient (Wildman–Crippen LogP) is 2.26. The normalized spacial score (nSPS) is 11.0. The molecule has 0 bridgehead atoms. The highest BCUT2D eigenvalue weighted by Crippen LogP contribution is 2.18. The van der Waals surface area contributed by atoms with Gasteiger partial charge >= 0.3 is 0 Å². The number of aromatic nitrogens is 3. The molecule has 1 heterocycles. The van der Waals surface area contributed by atoms with Crippen molar-refractivity contribution in [3.63, 3.8) is 0 Å². The van der Waals surface area contributed by atoms with E-state index in [4.69, 9.17) is 0 Å². The summed E-state index contributed by atoms with van der Waals surface area (Å²) in [6, 6.07) is 14.8. The van der Waals surface area contributed by atoms with Gasteiger partial charge in [0.1, 0.15) is 0 Å². The maximum absolute atomic E-state index is 4.06. The Morgan fingerprint density at radius 2 is 1.89 bits per heavy atom. The van der Waals surface area contributed by atoms with Crippen molar-refractivity contribution in [2.24, 2.45) is 7.05 Å². The summed E-state index contributed by atoms with van der Waals surface area (Å²) < 4.78 is 1.72. The Balaban J connectivity index is 1.71. The van der Waals surface area contributed by atoms with E-state index in [0.29, 0.717) is 0 Å². The van der Waals surface area contributed by atoms with Crippen LogP contribution in [0.1, 0.15) is 11.3 Å². The smallest absolute Gasteiger partial charge is 0.0964 e. The number of benzene rings is 2. The van der Waals surface area contributed by atoms with E-state index >= 15 is 0 Å². The van der Waals surface area contributed by atoms with Crippen molar-refractivity contribution in [2.75, 3.05) is 0 Å². The minimum atomic E-state index is 0.733. The van der Waals surface area contributed by atoms with Crippen molar-refractivity contribution in [1.29, 1.82) is 0 Å². The molecule has 0 aliphatic rings. The van der Waals surface area contributed by atoms with Crippen molar-refractivity contribution < 1.29 is 0 Å². The molecule has 0 radical (unpaired) electrons. The summed E-state index contributed by atoms with van der Waals surface area (Å²) in [4.78, 5) is 0. The van der Waals surface area contributed by atoms with E-state index < -0.39 is 0 Å². The third-order valence-electron chi connectivity index (χ3n) is 3.15. The van der Waals surface area contributed by atoms with E-state index in [0.717, 1.165) is 18.8 Å². The maximum atomic E-state index is 4.06. The van der Waals surface area contributed by atoms with Gasteiger partial charge in [0.2, 0.25) is 0 Å². The molecule has 0 unspecified atom stereocenters. The molecule has 0 aliphatic heterocycles. The van der Waals surface area contributed by atoms with Gasteiger partial charge in [-0.3, -0.25) is 4.68 Å². The number of hydrogen-bond donors (Lipinski definition) is 1. The highest BCUT2D eigenvalue weighted by Gasteiger charge is 2.01. The summed E-state index contributed by atoms with van der Waals surface area (Å²) in [6.45, 7) is 1.56. The summed E-state index contributed by atoms with van der Waals surface area (Å²) in [7, 11) is 1.88. The zero-order valence-corrected chi connectivity index (χ0v) is 10.9. The van der Waals surface area contributed by atoms with Gasteiger partial charge in [0.15, 0.2) is 0 Å². The third-order valence-corrected chi connectivity index (χ3v) is 3.15. The highest BCUT2D eigenvalue weighted by molar-refractivity contribution is 5.85. The van der Waals surface area contributed by atoms with Crippen molar-refractivity contribution in [3.05, 3.63) is 59.9 Å². The SMILES string of the molecule is Cn1cc(CNCc2cccc3ccccc23)nn1. The molecule has 4 nitrogen and oxygen atoms in total. The van der Waals surface area contributed by atoms with Gasteiger partial charge in [-0.05, 0) is 16.3 Å². The second-order valence-corrected chi connectivity index (χ2v) is 4.63. The average molecular weight is 252 g/mol. The van der Waals surface area contributed by atoms with Gasteiger partial charge in [-0.25, -0.2) is 0 Å². The molecule has 4 heteroatoms. The largest absolute Gasteiger partial charge is 0.307 e. The summed E-state index contributed by atoms with van der Waals surface area (Å²) in [5.74, 6) is 0. The number of fused-ring (bicyclic) bond motifs is 1. The number of nitrogens with zero attached hydrogens (tertiary/aromatic N) is 3. The van der Waals surface area contributed by atoms with Gasteiger partial charge < -0.3 is 5.32 Å². The van der Waals surface area contributed by atoms with Crippen LogP contribution in [0.3, 0.4) is 0 Å². The monoisotopic (exact) mass is 252 g/mol. The van der Waals surface area contributed by atoms with Crippen molar-refractivity contribution in [1.82, 2.24) is 20.3 Å². The van der Waals surface area contributed by atoms with Crippen LogP contribution in [0.5, 0.6) is 0 Å².